The summed E-state index contributed by atoms with van der Waals surface area (Å²) < 4.78 is 0. The Morgan fingerprint density at radius 2 is 2.00 bits per heavy atom. The van der Waals surface area contributed by atoms with Gasteiger partial charge in [-0.05, 0) is 31.5 Å². The molecule has 0 aliphatic heterocycles. The molecule has 0 saturated heterocycles. The predicted octanol–water partition coefficient (Wildman–Crippen LogP) is 2.00. The molecule has 0 spiro atoms. The summed E-state index contributed by atoms with van der Waals surface area (Å²) in [6, 6.07) is 5.26. The number of rotatable bonds is 3. The number of aryl methyl sites for hydroxylation is 1. The number of aromatic nitrogens is 2. The summed E-state index contributed by atoms with van der Waals surface area (Å²) in [5.74, 6) is -0.859. The van der Waals surface area contributed by atoms with Gasteiger partial charge in [-0.1, -0.05) is 6.07 Å². The van der Waals surface area contributed by atoms with E-state index in [-0.39, 0.29) is 11.6 Å². The lowest BCUT2D eigenvalue weighted by atomic mass is 10.1. The summed E-state index contributed by atoms with van der Waals surface area (Å²) in [5, 5.41) is 9.07. The highest BCUT2D eigenvalue weighted by Gasteiger charge is 2.24. The molecule has 6 heteroatoms. The molecule has 2 heterocycles. The molecular weight excluding hydrogens is 258 g/mol. The predicted molar refractivity (Wildman–Crippen MR) is 74.2 cm³/mol. The second-order valence-electron chi connectivity index (χ2n) is 4.48. The lowest BCUT2D eigenvalue weighted by Crippen LogP contribution is -2.27. The van der Waals surface area contributed by atoms with Crippen LogP contribution in [0.1, 0.15) is 32.1 Å². The number of hydrogen-bond donors (Lipinski definition) is 2. The summed E-state index contributed by atoms with van der Waals surface area (Å²) in [5.41, 5.74) is 1.38. The molecule has 104 valence electrons. The van der Waals surface area contributed by atoms with Gasteiger partial charge in [0.2, 0.25) is 0 Å². The molecule has 2 aromatic rings. The molecule has 6 nitrogen and oxygen atoms in total. The molecule has 2 aromatic heterocycles. The molecule has 0 atom stereocenters. The molecular formula is C14H15N3O3. The molecule has 0 aliphatic carbocycles. The summed E-state index contributed by atoms with van der Waals surface area (Å²) in [4.78, 5) is 31.8. The zero-order valence-electron chi connectivity index (χ0n) is 11.5. The number of aromatic carboxylic acids is 1. The molecule has 0 unspecified atom stereocenters. The minimum atomic E-state index is -1.08. The third-order valence-electron chi connectivity index (χ3n) is 3.16. The van der Waals surface area contributed by atoms with E-state index in [9.17, 15) is 9.59 Å². The van der Waals surface area contributed by atoms with Crippen LogP contribution in [0.25, 0.3) is 0 Å². The summed E-state index contributed by atoms with van der Waals surface area (Å²) in [7, 11) is 1.61. The van der Waals surface area contributed by atoms with Gasteiger partial charge in [-0.2, -0.15) is 0 Å². The zero-order valence-corrected chi connectivity index (χ0v) is 11.5. The average Bonchev–Trinajstić information content (AvgIpc) is 2.73. The Bertz CT molecular complexity index is 662. The number of amides is 1. The maximum Gasteiger partial charge on any atom is 0.352 e. The topological polar surface area (TPSA) is 86.3 Å². The second-order valence-corrected chi connectivity index (χ2v) is 4.48. The van der Waals surface area contributed by atoms with Crippen molar-refractivity contribution >= 4 is 17.7 Å². The fourth-order valence-corrected chi connectivity index (χ4v) is 2.11. The number of carboxylic acid groups (broad SMARTS) is 1. The number of aromatic amines is 1. The van der Waals surface area contributed by atoms with Crippen LogP contribution in [0.5, 0.6) is 0 Å². The van der Waals surface area contributed by atoms with Crippen molar-refractivity contribution in [2.45, 2.75) is 13.8 Å². The smallest absolute Gasteiger partial charge is 0.352 e. The number of carbonyl (C=O) groups is 2. The largest absolute Gasteiger partial charge is 0.477 e. The Labute approximate surface area is 116 Å². The van der Waals surface area contributed by atoms with E-state index in [2.05, 4.69) is 9.97 Å². The highest BCUT2D eigenvalue weighted by atomic mass is 16.4. The van der Waals surface area contributed by atoms with Crippen LogP contribution in [0.4, 0.5) is 5.82 Å². The van der Waals surface area contributed by atoms with Gasteiger partial charge in [0.25, 0.3) is 5.91 Å². The van der Waals surface area contributed by atoms with E-state index >= 15 is 0 Å². The van der Waals surface area contributed by atoms with Crippen LogP contribution in [-0.4, -0.2) is 34.0 Å². The van der Waals surface area contributed by atoms with Crippen LogP contribution in [0.15, 0.2) is 24.4 Å². The highest BCUT2D eigenvalue weighted by molar-refractivity contribution is 6.08. The van der Waals surface area contributed by atoms with Gasteiger partial charge in [0.15, 0.2) is 0 Å². The third-order valence-corrected chi connectivity index (χ3v) is 3.16. The summed E-state index contributed by atoms with van der Waals surface area (Å²) in [6.45, 7) is 3.30. The molecule has 0 saturated carbocycles. The molecule has 0 bridgehead atoms. The molecule has 0 aliphatic rings. The van der Waals surface area contributed by atoms with Gasteiger partial charge >= 0.3 is 5.97 Å². The number of nitrogens with one attached hydrogen (secondary N) is 1. The molecule has 0 radical (unpaired) electrons. The Kier molecular flexibility index (Phi) is 3.56. The van der Waals surface area contributed by atoms with Crippen molar-refractivity contribution in [3.63, 3.8) is 0 Å². The van der Waals surface area contributed by atoms with Gasteiger partial charge in [0.05, 0.1) is 5.56 Å². The first-order chi connectivity index (χ1) is 9.43. The van der Waals surface area contributed by atoms with E-state index in [1.54, 1.807) is 45.3 Å². The molecule has 2 N–H and O–H groups in total. The normalized spacial score (nSPS) is 10.3. The average molecular weight is 273 g/mol. The number of pyridine rings is 1. The van der Waals surface area contributed by atoms with Crippen molar-refractivity contribution in [2.75, 3.05) is 11.9 Å². The Hall–Kier alpha value is -2.63. The first kappa shape index (κ1) is 13.8. The fraction of sp³-hybridized carbons (Fsp3) is 0.214. The van der Waals surface area contributed by atoms with Crippen LogP contribution in [0, 0.1) is 13.8 Å². The van der Waals surface area contributed by atoms with Crippen molar-refractivity contribution in [3.05, 3.63) is 46.9 Å². The number of carbonyl (C=O) groups excluding carboxylic acids is 1. The molecule has 20 heavy (non-hydrogen) atoms. The van der Waals surface area contributed by atoms with E-state index in [0.717, 1.165) is 0 Å². The van der Waals surface area contributed by atoms with Crippen LogP contribution in [0.3, 0.4) is 0 Å². The standard InChI is InChI=1S/C14H15N3O3/c1-8-11(9(2)16-12(8)14(19)20)13(18)17(3)10-6-4-5-7-15-10/h4-7,16H,1-3H3,(H,19,20). The van der Waals surface area contributed by atoms with Gasteiger partial charge in [0.1, 0.15) is 11.5 Å². The third kappa shape index (κ3) is 2.27. The van der Waals surface area contributed by atoms with Gasteiger partial charge in [-0.25, -0.2) is 9.78 Å². The highest BCUT2D eigenvalue weighted by Crippen LogP contribution is 2.21. The van der Waals surface area contributed by atoms with E-state index in [1.807, 2.05) is 0 Å². The minimum absolute atomic E-state index is 0.0419. The van der Waals surface area contributed by atoms with Crippen LogP contribution < -0.4 is 4.90 Å². The van der Waals surface area contributed by atoms with Crippen molar-refractivity contribution in [3.8, 4) is 0 Å². The van der Waals surface area contributed by atoms with Gasteiger partial charge < -0.3 is 10.1 Å². The summed E-state index contributed by atoms with van der Waals surface area (Å²) >= 11 is 0. The maximum atomic E-state index is 12.5. The number of nitrogens with zero attached hydrogens (tertiary/aromatic N) is 2. The second kappa shape index (κ2) is 5.16. The van der Waals surface area contributed by atoms with E-state index in [4.69, 9.17) is 5.11 Å². The van der Waals surface area contributed by atoms with E-state index in [0.29, 0.717) is 22.6 Å². The van der Waals surface area contributed by atoms with Crippen molar-refractivity contribution in [2.24, 2.45) is 0 Å². The lowest BCUT2D eigenvalue weighted by molar-refractivity contribution is 0.0690. The van der Waals surface area contributed by atoms with Gasteiger partial charge in [0, 0.05) is 18.9 Å². The quantitative estimate of drug-likeness (QED) is 0.895. The zero-order chi connectivity index (χ0) is 14.9. The first-order valence-corrected chi connectivity index (χ1v) is 6.05. The maximum absolute atomic E-state index is 12.5. The summed E-state index contributed by atoms with van der Waals surface area (Å²) in [6.07, 6.45) is 1.60. The monoisotopic (exact) mass is 273 g/mol. The minimum Gasteiger partial charge on any atom is -0.477 e. The van der Waals surface area contributed by atoms with Crippen LogP contribution in [-0.2, 0) is 0 Å². The van der Waals surface area contributed by atoms with Crippen LogP contribution in [0.2, 0.25) is 0 Å². The number of H-pyrrole nitrogens is 1. The SMILES string of the molecule is Cc1[nH]c(C(=O)O)c(C)c1C(=O)N(C)c1ccccn1. The van der Waals surface area contributed by atoms with Gasteiger partial charge in [-0.3, -0.25) is 9.69 Å². The molecule has 0 fully saturated rings. The van der Waals surface area contributed by atoms with Gasteiger partial charge in [-0.15, -0.1) is 0 Å². The van der Waals surface area contributed by atoms with E-state index < -0.39 is 5.97 Å². The van der Waals surface area contributed by atoms with Crippen molar-refractivity contribution < 1.29 is 14.7 Å². The van der Waals surface area contributed by atoms with Crippen LogP contribution >= 0.6 is 0 Å². The lowest BCUT2D eigenvalue weighted by Gasteiger charge is -2.16. The molecule has 2 rings (SSSR count). The Balaban J connectivity index is 2.42. The number of carboxylic acids is 1. The molecule has 1 amide bonds. The first-order valence-electron chi connectivity index (χ1n) is 6.05. The Morgan fingerprint density at radius 1 is 1.30 bits per heavy atom. The van der Waals surface area contributed by atoms with E-state index in [1.165, 1.54) is 4.90 Å². The van der Waals surface area contributed by atoms with Crippen molar-refractivity contribution in [1.29, 1.82) is 0 Å². The molecule has 0 aromatic carbocycles. The fourth-order valence-electron chi connectivity index (χ4n) is 2.11. The number of hydrogen-bond acceptors (Lipinski definition) is 3. The van der Waals surface area contributed by atoms with Crippen molar-refractivity contribution in [1.82, 2.24) is 9.97 Å². The Morgan fingerprint density at radius 3 is 2.50 bits per heavy atom. The number of anilines is 1.